The highest BCUT2D eigenvalue weighted by molar-refractivity contribution is 6.30. The molecule has 1 fully saturated rings. The molecular formula is C23H24ClFN8O2. The van der Waals surface area contributed by atoms with E-state index in [9.17, 15) is 9.18 Å². The number of H-pyrrole nitrogens is 1. The highest BCUT2D eigenvalue weighted by Gasteiger charge is 2.26. The molecule has 0 aliphatic carbocycles. The van der Waals surface area contributed by atoms with E-state index in [-0.39, 0.29) is 19.1 Å². The average Bonchev–Trinajstić information content (AvgIpc) is 3.34. The third-order valence-electron chi connectivity index (χ3n) is 5.66. The molecule has 3 atom stereocenters. The zero-order chi connectivity index (χ0) is 24.8. The van der Waals surface area contributed by atoms with Gasteiger partial charge in [-0.2, -0.15) is 0 Å². The fourth-order valence-electron chi connectivity index (χ4n) is 3.81. The number of ether oxygens (including phenoxy) is 1. The second kappa shape index (κ2) is 11.2. The molecule has 1 saturated heterocycles. The van der Waals surface area contributed by atoms with Crippen molar-refractivity contribution < 1.29 is 13.9 Å². The smallest absolute Gasteiger partial charge is 0.268 e. The summed E-state index contributed by atoms with van der Waals surface area (Å²) >= 11 is 6.08. The maximum absolute atomic E-state index is 14.1. The lowest BCUT2D eigenvalue weighted by molar-refractivity contribution is 0.0284. The van der Waals surface area contributed by atoms with Crippen molar-refractivity contribution in [3.8, 4) is 11.3 Å². The van der Waals surface area contributed by atoms with E-state index in [4.69, 9.17) is 21.9 Å². The highest BCUT2D eigenvalue weighted by atomic mass is 35.5. The first kappa shape index (κ1) is 24.5. The molecule has 3 N–H and O–H groups in total. The number of halogens is 2. The molecular weight excluding hydrogens is 475 g/mol. The average molecular weight is 499 g/mol. The Balaban J connectivity index is 1.51. The fourth-order valence-corrected chi connectivity index (χ4v) is 4.01. The summed E-state index contributed by atoms with van der Waals surface area (Å²) in [5.74, 6) is -0.0790. The number of rotatable bonds is 8. The first-order chi connectivity index (χ1) is 16.9. The van der Waals surface area contributed by atoms with Crippen LogP contribution < -0.4 is 10.6 Å². The number of anilines is 1. The van der Waals surface area contributed by atoms with Crippen LogP contribution in [0.1, 0.15) is 34.1 Å². The molecule has 3 heterocycles. The summed E-state index contributed by atoms with van der Waals surface area (Å²) in [5, 5.41) is 10.0. The molecule has 10 nitrogen and oxygen atoms in total. The summed E-state index contributed by atoms with van der Waals surface area (Å²) in [7, 11) is 0. The second-order valence-corrected chi connectivity index (χ2v) is 8.59. The molecule has 0 radical (unpaired) electrons. The number of nitrogens with one attached hydrogen (secondary N) is 3. The normalized spacial score (nSPS) is 18.4. The number of hydrogen-bond donors (Lipinski definition) is 3. The lowest BCUT2D eigenvalue weighted by Crippen LogP contribution is -2.39. The van der Waals surface area contributed by atoms with E-state index in [2.05, 4.69) is 35.6 Å². The molecule has 2 aromatic heterocycles. The van der Waals surface area contributed by atoms with Gasteiger partial charge in [0.25, 0.3) is 5.91 Å². The van der Waals surface area contributed by atoms with E-state index in [0.717, 1.165) is 5.56 Å². The van der Waals surface area contributed by atoms with Crippen molar-refractivity contribution >= 4 is 23.5 Å². The van der Waals surface area contributed by atoms with E-state index in [1.807, 2.05) is 6.92 Å². The van der Waals surface area contributed by atoms with Gasteiger partial charge < -0.3 is 20.4 Å². The molecule has 1 amide bonds. The largest absolute Gasteiger partial charge is 0.378 e. The summed E-state index contributed by atoms with van der Waals surface area (Å²) in [6.45, 7) is 2.40. The van der Waals surface area contributed by atoms with Crippen LogP contribution in [0.2, 0.25) is 5.02 Å². The second-order valence-electron chi connectivity index (χ2n) is 8.15. The van der Waals surface area contributed by atoms with Crippen LogP contribution in [0.5, 0.6) is 0 Å². The van der Waals surface area contributed by atoms with E-state index < -0.39 is 18.3 Å². The fraction of sp³-hybridized carbons (Fsp3) is 0.348. The first-order valence-corrected chi connectivity index (χ1v) is 11.4. The Morgan fingerprint density at radius 2 is 2.31 bits per heavy atom. The molecule has 0 unspecified atom stereocenters. The van der Waals surface area contributed by atoms with Crippen molar-refractivity contribution in [2.75, 3.05) is 25.1 Å². The van der Waals surface area contributed by atoms with Crippen molar-refractivity contribution in [1.29, 1.82) is 0 Å². The van der Waals surface area contributed by atoms with Gasteiger partial charge in [0.15, 0.2) is 0 Å². The van der Waals surface area contributed by atoms with Crippen LogP contribution in [0, 0.1) is 6.92 Å². The number of aromatic amines is 1. The summed E-state index contributed by atoms with van der Waals surface area (Å²) < 4.78 is 19.3. The van der Waals surface area contributed by atoms with E-state index in [1.165, 1.54) is 0 Å². The van der Waals surface area contributed by atoms with Gasteiger partial charge in [0.2, 0.25) is 5.95 Å². The van der Waals surface area contributed by atoms with Crippen LogP contribution in [-0.4, -0.2) is 52.8 Å². The van der Waals surface area contributed by atoms with Crippen LogP contribution in [0.15, 0.2) is 47.8 Å². The van der Waals surface area contributed by atoms with E-state index >= 15 is 0 Å². The van der Waals surface area contributed by atoms with Gasteiger partial charge in [-0.3, -0.25) is 4.79 Å². The summed E-state index contributed by atoms with van der Waals surface area (Å²) in [6.07, 6.45) is 2.70. The Morgan fingerprint density at radius 1 is 1.46 bits per heavy atom. The number of aryl methyl sites for hydroxylation is 1. The number of azide groups is 1. The lowest BCUT2D eigenvalue weighted by Gasteiger charge is -2.26. The summed E-state index contributed by atoms with van der Waals surface area (Å²) in [4.78, 5) is 27.5. The van der Waals surface area contributed by atoms with Crippen LogP contribution in [-0.2, 0) is 4.74 Å². The van der Waals surface area contributed by atoms with Crippen LogP contribution in [0.4, 0.5) is 10.3 Å². The molecule has 0 saturated carbocycles. The molecule has 1 aliphatic heterocycles. The topological polar surface area (TPSA) is 141 Å². The Labute approximate surface area is 205 Å². The number of carbonyl (C=O) groups is 1. The maximum Gasteiger partial charge on any atom is 0.268 e. The van der Waals surface area contributed by atoms with Crippen LogP contribution in [0.3, 0.4) is 0 Å². The zero-order valence-corrected chi connectivity index (χ0v) is 19.7. The standard InChI is InChI=1S/C23H24ClFN8O2/c1-13-9-28-23(31-18-5-6-35-12-17(18)25)32-21(13)15-8-19(27-10-15)22(34)30-20(11-29-33-26)14-3-2-4-16(24)7-14/h2-4,7-10,17-18,20,27H,5-6,11-12H2,1H3,(H,30,34)(H,28,31,32)/t17-,18+,20-/m1/s1. The summed E-state index contributed by atoms with van der Waals surface area (Å²) in [6, 6.07) is 7.66. The molecule has 12 heteroatoms. The molecule has 1 aliphatic rings. The monoisotopic (exact) mass is 498 g/mol. The van der Waals surface area contributed by atoms with Crippen molar-refractivity contribution in [1.82, 2.24) is 20.3 Å². The highest BCUT2D eigenvalue weighted by Crippen LogP contribution is 2.25. The van der Waals surface area contributed by atoms with Crippen molar-refractivity contribution in [3.05, 3.63) is 75.0 Å². The number of benzene rings is 1. The van der Waals surface area contributed by atoms with Gasteiger partial charge >= 0.3 is 0 Å². The van der Waals surface area contributed by atoms with Gasteiger partial charge in [-0.05, 0) is 48.2 Å². The quantitative estimate of drug-likeness (QED) is 0.233. The molecule has 35 heavy (non-hydrogen) atoms. The lowest BCUT2D eigenvalue weighted by atomic mass is 10.1. The first-order valence-electron chi connectivity index (χ1n) is 11.0. The van der Waals surface area contributed by atoms with Gasteiger partial charge in [-0.1, -0.05) is 28.8 Å². The molecule has 4 rings (SSSR count). The van der Waals surface area contributed by atoms with Crippen molar-refractivity contribution in [3.63, 3.8) is 0 Å². The molecule has 3 aromatic rings. The maximum atomic E-state index is 14.1. The van der Waals surface area contributed by atoms with Gasteiger partial charge in [-0.15, -0.1) is 0 Å². The van der Waals surface area contributed by atoms with Crippen molar-refractivity contribution in [2.24, 2.45) is 5.11 Å². The van der Waals surface area contributed by atoms with E-state index in [0.29, 0.717) is 46.5 Å². The minimum absolute atomic E-state index is 0.0258. The van der Waals surface area contributed by atoms with Crippen LogP contribution in [0.25, 0.3) is 21.7 Å². The number of carbonyl (C=O) groups excluding carboxylic acids is 1. The number of nitrogens with zero attached hydrogens (tertiary/aromatic N) is 5. The Kier molecular flexibility index (Phi) is 7.81. The number of alkyl halides is 1. The Bertz CT molecular complexity index is 1250. The minimum atomic E-state index is -1.14. The Morgan fingerprint density at radius 3 is 3.09 bits per heavy atom. The molecule has 0 spiro atoms. The molecule has 182 valence electrons. The predicted octanol–water partition coefficient (Wildman–Crippen LogP) is 4.75. The van der Waals surface area contributed by atoms with Gasteiger partial charge in [0.05, 0.1) is 30.9 Å². The third kappa shape index (κ3) is 6.07. The molecule has 1 aromatic carbocycles. The van der Waals surface area contributed by atoms with Gasteiger partial charge in [0.1, 0.15) is 11.9 Å². The third-order valence-corrected chi connectivity index (χ3v) is 5.89. The van der Waals surface area contributed by atoms with Gasteiger partial charge in [0, 0.05) is 34.5 Å². The zero-order valence-electron chi connectivity index (χ0n) is 18.9. The molecule has 0 bridgehead atoms. The predicted molar refractivity (Wildman–Crippen MR) is 130 cm³/mol. The van der Waals surface area contributed by atoms with Crippen LogP contribution >= 0.6 is 11.6 Å². The SMILES string of the molecule is Cc1cnc(N[C@H]2CCOC[C@H]2F)nc1-c1c[nH]c(C(=O)N[C@H](CN=[N+]=[N-])c2cccc(Cl)c2)c1. The number of aromatic nitrogens is 3. The van der Waals surface area contributed by atoms with Crippen molar-refractivity contribution in [2.45, 2.75) is 31.6 Å². The number of amides is 1. The summed E-state index contributed by atoms with van der Waals surface area (Å²) in [5.41, 5.74) is 11.8. The van der Waals surface area contributed by atoms with E-state index in [1.54, 1.807) is 42.7 Å². The van der Waals surface area contributed by atoms with Gasteiger partial charge in [-0.25, -0.2) is 14.4 Å². The minimum Gasteiger partial charge on any atom is -0.378 e. The Hall–Kier alpha value is -3.66. The number of hydrogen-bond acceptors (Lipinski definition) is 6.